The number of ether oxygens (including phenoxy) is 1. The first-order valence-corrected chi connectivity index (χ1v) is 9.39. The lowest BCUT2D eigenvalue weighted by Gasteiger charge is -2.16. The minimum atomic E-state index is -4.56. The number of carbonyl (C=O) groups is 1. The minimum absolute atomic E-state index is 0.186. The summed E-state index contributed by atoms with van der Waals surface area (Å²) < 4.78 is 45.2. The van der Waals surface area contributed by atoms with E-state index >= 15 is 0 Å². The summed E-state index contributed by atoms with van der Waals surface area (Å²) in [5, 5.41) is 4.71. The highest BCUT2D eigenvalue weighted by Crippen LogP contribution is 2.35. The van der Waals surface area contributed by atoms with Crippen LogP contribution in [-0.4, -0.2) is 17.6 Å². The molecule has 0 spiro atoms. The summed E-state index contributed by atoms with van der Waals surface area (Å²) in [6.45, 7) is 2.21. The first-order chi connectivity index (χ1) is 12.6. The van der Waals surface area contributed by atoms with Crippen LogP contribution in [0.4, 0.5) is 18.9 Å². The molecule has 10 heteroatoms. The van der Waals surface area contributed by atoms with Crippen LogP contribution in [0.3, 0.4) is 0 Å². The van der Waals surface area contributed by atoms with Gasteiger partial charge in [0.15, 0.2) is 5.11 Å². The number of alkyl halides is 3. The lowest BCUT2D eigenvalue weighted by molar-refractivity contribution is -0.137. The Kier molecular flexibility index (Phi) is 7.29. The van der Waals surface area contributed by atoms with E-state index in [1.54, 1.807) is 29.5 Å². The van der Waals surface area contributed by atoms with Gasteiger partial charge in [-0.2, -0.15) is 13.2 Å². The molecule has 27 heavy (non-hydrogen) atoms. The predicted octanol–water partition coefficient (Wildman–Crippen LogP) is 5.49. The van der Waals surface area contributed by atoms with Crippen molar-refractivity contribution in [3.8, 4) is 5.75 Å². The summed E-state index contributed by atoms with van der Waals surface area (Å²) in [6.07, 6.45) is -4.56. The van der Waals surface area contributed by atoms with E-state index in [0.717, 1.165) is 6.07 Å². The van der Waals surface area contributed by atoms with Gasteiger partial charge in [-0.1, -0.05) is 11.6 Å². The molecule has 2 aromatic rings. The summed E-state index contributed by atoms with van der Waals surface area (Å²) in [4.78, 5) is 12.2. The largest absolute Gasteiger partial charge is 0.492 e. The van der Waals surface area contributed by atoms with Gasteiger partial charge in [0.25, 0.3) is 5.91 Å². The first kappa shape index (κ1) is 21.7. The van der Waals surface area contributed by atoms with Crippen LogP contribution in [-0.2, 0) is 6.18 Å². The molecule has 0 unspecified atom stereocenters. The van der Waals surface area contributed by atoms with Crippen LogP contribution in [0.2, 0.25) is 5.02 Å². The third-order valence-electron chi connectivity index (χ3n) is 3.26. The van der Waals surface area contributed by atoms with Crippen molar-refractivity contribution in [3.63, 3.8) is 0 Å². The van der Waals surface area contributed by atoms with E-state index in [1.165, 1.54) is 30.3 Å². The number of carbonyl (C=O) groups excluding carboxylic acids is 1. The molecule has 4 nitrogen and oxygen atoms in total. The topological polar surface area (TPSA) is 50.4 Å². The molecule has 0 fully saturated rings. The second-order valence-electron chi connectivity index (χ2n) is 5.17. The Labute approximate surface area is 177 Å². The molecular formula is C17H13ClF3IN2O2S. The van der Waals surface area contributed by atoms with E-state index < -0.39 is 17.6 Å². The number of hydrogen-bond acceptors (Lipinski definition) is 3. The smallest absolute Gasteiger partial charge is 0.418 e. The number of hydrogen-bond donors (Lipinski definition) is 2. The summed E-state index contributed by atoms with van der Waals surface area (Å²) >= 11 is 12.8. The van der Waals surface area contributed by atoms with Crippen molar-refractivity contribution in [1.82, 2.24) is 5.32 Å². The van der Waals surface area contributed by atoms with Crippen molar-refractivity contribution >= 4 is 63.1 Å². The minimum Gasteiger partial charge on any atom is -0.492 e. The normalized spacial score (nSPS) is 11.0. The van der Waals surface area contributed by atoms with E-state index in [9.17, 15) is 18.0 Å². The predicted molar refractivity (Wildman–Crippen MR) is 110 cm³/mol. The zero-order chi connectivity index (χ0) is 20.2. The highest BCUT2D eigenvalue weighted by molar-refractivity contribution is 14.1. The Bertz CT molecular complexity index is 878. The number of nitrogens with one attached hydrogen (secondary N) is 2. The fourth-order valence-electron chi connectivity index (χ4n) is 2.10. The van der Waals surface area contributed by atoms with Crippen LogP contribution in [0.15, 0.2) is 36.4 Å². The van der Waals surface area contributed by atoms with Crippen molar-refractivity contribution in [2.24, 2.45) is 0 Å². The van der Waals surface area contributed by atoms with Gasteiger partial charge in [0, 0.05) is 9.13 Å². The molecule has 0 aromatic heterocycles. The average Bonchev–Trinajstić information content (AvgIpc) is 2.57. The number of rotatable bonds is 4. The first-order valence-electron chi connectivity index (χ1n) is 7.53. The molecule has 0 aliphatic heterocycles. The molecule has 0 saturated heterocycles. The zero-order valence-corrected chi connectivity index (χ0v) is 17.5. The molecule has 144 valence electrons. The standard InChI is InChI=1S/C17H13ClF3IN2O2S/c1-2-26-14-6-3-9(7-12(14)18)15(25)24-16(27)23-13-5-4-10(22)8-11(13)17(19,20)21/h3-8H,2H2,1H3,(H2,23,24,25,27). The molecule has 0 saturated carbocycles. The van der Waals surface area contributed by atoms with Gasteiger partial charge in [-0.25, -0.2) is 0 Å². The Morgan fingerprint density at radius 1 is 1.26 bits per heavy atom. The van der Waals surface area contributed by atoms with Gasteiger partial charge >= 0.3 is 6.18 Å². The van der Waals surface area contributed by atoms with Crippen molar-refractivity contribution < 1.29 is 22.7 Å². The molecule has 0 heterocycles. The maximum atomic E-state index is 13.2. The second-order valence-corrected chi connectivity index (χ2v) is 7.24. The van der Waals surface area contributed by atoms with E-state index in [-0.39, 0.29) is 21.4 Å². The Morgan fingerprint density at radius 2 is 1.96 bits per heavy atom. The van der Waals surface area contributed by atoms with Gasteiger partial charge in [0.2, 0.25) is 0 Å². The summed E-state index contributed by atoms with van der Waals surface area (Å²) in [7, 11) is 0. The molecule has 0 aliphatic carbocycles. The molecule has 0 bridgehead atoms. The third-order valence-corrected chi connectivity index (χ3v) is 4.43. The number of thiocarbonyl (C=S) groups is 1. The Hall–Kier alpha value is -1.59. The quantitative estimate of drug-likeness (QED) is 0.407. The summed E-state index contributed by atoms with van der Waals surface area (Å²) in [5.74, 6) is -0.193. The number of halogens is 5. The fraction of sp³-hybridized carbons (Fsp3) is 0.176. The molecule has 0 atom stereocenters. The highest BCUT2D eigenvalue weighted by atomic mass is 127. The SMILES string of the molecule is CCOc1ccc(C(=O)NC(=S)Nc2ccc(I)cc2C(F)(F)F)cc1Cl. The number of benzene rings is 2. The van der Waals surface area contributed by atoms with Gasteiger partial charge in [0.1, 0.15) is 5.75 Å². The number of anilines is 1. The van der Waals surface area contributed by atoms with Crippen LogP contribution in [0.25, 0.3) is 0 Å². The van der Waals surface area contributed by atoms with Gasteiger partial charge < -0.3 is 10.1 Å². The van der Waals surface area contributed by atoms with E-state index in [4.69, 9.17) is 28.6 Å². The van der Waals surface area contributed by atoms with Crippen LogP contribution >= 0.6 is 46.4 Å². The van der Waals surface area contributed by atoms with E-state index in [0.29, 0.717) is 15.9 Å². The molecule has 1 amide bonds. The van der Waals surface area contributed by atoms with Crippen LogP contribution < -0.4 is 15.4 Å². The maximum Gasteiger partial charge on any atom is 0.418 e. The molecule has 2 aromatic carbocycles. The zero-order valence-electron chi connectivity index (χ0n) is 13.8. The van der Waals surface area contributed by atoms with E-state index in [2.05, 4.69) is 10.6 Å². The fourth-order valence-corrected chi connectivity index (χ4v) is 3.03. The van der Waals surface area contributed by atoms with Crippen molar-refractivity contribution in [1.29, 1.82) is 0 Å². The summed E-state index contributed by atoms with van der Waals surface area (Å²) in [5.41, 5.74) is -0.945. The number of amides is 1. The molecule has 2 N–H and O–H groups in total. The monoisotopic (exact) mass is 528 g/mol. The Balaban J connectivity index is 2.12. The highest BCUT2D eigenvalue weighted by Gasteiger charge is 2.34. The summed E-state index contributed by atoms with van der Waals surface area (Å²) in [6, 6.07) is 8.11. The molecule has 2 rings (SSSR count). The van der Waals surface area contributed by atoms with E-state index in [1.807, 2.05) is 0 Å². The lowest BCUT2D eigenvalue weighted by atomic mass is 10.1. The van der Waals surface area contributed by atoms with Crippen LogP contribution in [0.1, 0.15) is 22.8 Å². The Morgan fingerprint density at radius 3 is 2.56 bits per heavy atom. The van der Waals surface area contributed by atoms with Gasteiger partial charge in [-0.15, -0.1) is 0 Å². The van der Waals surface area contributed by atoms with Crippen molar-refractivity contribution in [2.45, 2.75) is 13.1 Å². The van der Waals surface area contributed by atoms with Crippen molar-refractivity contribution in [3.05, 3.63) is 56.1 Å². The second kappa shape index (κ2) is 9.07. The van der Waals surface area contributed by atoms with Crippen LogP contribution in [0, 0.1) is 3.57 Å². The van der Waals surface area contributed by atoms with Gasteiger partial charge in [0.05, 0.1) is 22.9 Å². The van der Waals surface area contributed by atoms with Gasteiger partial charge in [-0.3, -0.25) is 10.1 Å². The third kappa shape index (κ3) is 5.94. The molecule has 0 aliphatic rings. The maximum absolute atomic E-state index is 13.2. The molecule has 0 radical (unpaired) electrons. The lowest BCUT2D eigenvalue weighted by Crippen LogP contribution is -2.34. The van der Waals surface area contributed by atoms with Gasteiger partial charge in [-0.05, 0) is 78.1 Å². The molecular weight excluding hydrogens is 516 g/mol. The van der Waals surface area contributed by atoms with Crippen LogP contribution in [0.5, 0.6) is 5.75 Å². The average molecular weight is 529 g/mol. The van der Waals surface area contributed by atoms with Crippen molar-refractivity contribution in [2.75, 3.05) is 11.9 Å².